The van der Waals surface area contributed by atoms with Crippen LogP contribution in [0.5, 0.6) is 0 Å². The number of ether oxygens (including phenoxy) is 2. The summed E-state index contributed by atoms with van der Waals surface area (Å²) in [5.41, 5.74) is -0.694. The highest BCUT2D eigenvalue weighted by Crippen LogP contribution is 2.40. The van der Waals surface area contributed by atoms with E-state index < -0.39 is 23.7 Å². The predicted octanol–water partition coefficient (Wildman–Crippen LogP) is 2.33. The average molecular weight is 444 g/mol. The fourth-order valence-corrected chi connectivity index (χ4v) is 4.30. The summed E-state index contributed by atoms with van der Waals surface area (Å²) in [5, 5.41) is 3.81. The van der Waals surface area contributed by atoms with E-state index in [2.05, 4.69) is 10.3 Å². The van der Waals surface area contributed by atoms with Gasteiger partial charge in [0.1, 0.15) is 5.82 Å². The monoisotopic (exact) mass is 444 g/mol. The largest absolute Gasteiger partial charge is 0.441 e. The molecule has 0 unspecified atom stereocenters. The van der Waals surface area contributed by atoms with Crippen molar-refractivity contribution in [1.29, 1.82) is 0 Å². The Morgan fingerprint density at radius 3 is 2.53 bits per heavy atom. The molecular formula is C18H19F3N4O4S. The van der Waals surface area contributed by atoms with Crippen molar-refractivity contribution in [3.63, 3.8) is 0 Å². The number of carbonyl (C=O) groups excluding carboxylic acids is 2. The maximum atomic E-state index is 13.7. The number of aromatic nitrogens is 1. The molecule has 0 atom stereocenters. The Labute approximate surface area is 173 Å². The molecule has 0 bridgehead atoms. The van der Waals surface area contributed by atoms with Gasteiger partial charge in [-0.25, -0.2) is 9.78 Å². The van der Waals surface area contributed by atoms with Gasteiger partial charge in [-0.2, -0.15) is 13.2 Å². The molecule has 1 N–H and O–H groups in total. The van der Waals surface area contributed by atoms with E-state index in [-0.39, 0.29) is 27.7 Å². The number of carbonyl (C=O) groups is 2. The summed E-state index contributed by atoms with van der Waals surface area (Å²) >= 11 is 0.843. The Hall–Kier alpha value is -2.60. The van der Waals surface area contributed by atoms with E-state index in [9.17, 15) is 22.8 Å². The van der Waals surface area contributed by atoms with Gasteiger partial charge in [0.05, 0.1) is 34.6 Å². The lowest BCUT2D eigenvalue weighted by Crippen LogP contribution is -2.51. The Balaban J connectivity index is 1.58. The fraction of sp³-hybridized carbons (Fsp3) is 0.500. The van der Waals surface area contributed by atoms with Crippen molar-refractivity contribution in [3.8, 4) is 0 Å². The topological polar surface area (TPSA) is 84.0 Å². The molecule has 2 aromatic rings. The zero-order valence-corrected chi connectivity index (χ0v) is 16.8. The van der Waals surface area contributed by atoms with E-state index in [0.717, 1.165) is 17.4 Å². The number of piperazine rings is 1. The van der Waals surface area contributed by atoms with Crippen LogP contribution in [0.1, 0.15) is 15.9 Å². The second kappa shape index (κ2) is 7.91. The first kappa shape index (κ1) is 20.7. The molecule has 2 saturated heterocycles. The Kier molecular flexibility index (Phi) is 5.45. The summed E-state index contributed by atoms with van der Waals surface area (Å²) in [5.74, 6) is -0.370. The van der Waals surface area contributed by atoms with Crippen LogP contribution in [0.4, 0.5) is 23.8 Å². The number of amides is 2. The molecule has 0 aromatic carbocycles. The van der Waals surface area contributed by atoms with Crippen LogP contribution in [0.3, 0.4) is 0 Å². The maximum Gasteiger partial charge on any atom is 0.417 e. The van der Waals surface area contributed by atoms with Crippen LogP contribution in [0.15, 0.2) is 11.4 Å². The standard InChI is InChI=1S/C18H19F3N4O4S/c1-22-16(26)11-9-30-15-12(18(19,20)21)6-13(23-14(11)15)24-2-4-25(5-3-24)17(27)29-10-7-28-8-10/h6,9-10H,2-5,7-8H2,1H3,(H,22,26). The quantitative estimate of drug-likeness (QED) is 0.783. The summed E-state index contributed by atoms with van der Waals surface area (Å²) in [4.78, 5) is 31.8. The van der Waals surface area contributed by atoms with Crippen molar-refractivity contribution in [3.05, 3.63) is 22.6 Å². The first-order chi connectivity index (χ1) is 14.3. The maximum absolute atomic E-state index is 13.7. The molecule has 2 amide bonds. The highest BCUT2D eigenvalue weighted by atomic mass is 32.1. The van der Waals surface area contributed by atoms with E-state index in [4.69, 9.17) is 9.47 Å². The predicted molar refractivity (Wildman–Crippen MR) is 103 cm³/mol. The molecule has 12 heteroatoms. The molecule has 0 radical (unpaired) electrons. The average Bonchev–Trinajstić information content (AvgIpc) is 3.12. The van der Waals surface area contributed by atoms with Crippen molar-refractivity contribution in [2.75, 3.05) is 51.3 Å². The number of fused-ring (bicyclic) bond motifs is 1. The molecule has 4 rings (SSSR count). The number of nitrogens with zero attached hydrogens (tertiary/aromatic N) is 3. The lowest BCUT2D eigenvalue weighted by atomic mass is 10.1. The summed E-state index contributed by atoms with van der Waals surface area (Å²) in [6, 6.07) is 1.01. The summed E-state index contributed by atoms with van der Waals surface area (Å²) in [6.45, 7) is 1.93. The molecule has 2 aliphatic rings. The minimum Gasteiger partial charge on any atom is -0.441 e. The van der Waals surface area contributed by atoms with Gasteiger partial charge < -0.3 is 24.6 Å². The lowest BCUT2D eigenvalue weighted by Gasteiger charge is -2.36. The molecule has 0 aliphatic carbocycles. The van der Waals surface area contributed by atoms with Gasteiger partial charge in [0.2, 0.25) is 0 Å². The van der Waals surface area contributed by atoms with Crippen LogP contribution in [-0.2, 0) is 15.7 Å². The number of rotatable bonds is 3. The van der Waals surface area contributed by atoms with Crippen molar-refractivity contribution in [2.24, 2.45) is 0 Å². The highest BCUT2D eigenvalue weighted by Gasteiger charge is 2.36. The van der Waals surface area contributed by atoms with Gasteiger partial charge >= 0.3 is 12.3 Å². The van der Waals surface area contributed by atoms with Gasteiger partial charge in [0.25, 0.3) is 5.91 Å². The van der Waals surface area contributed by atoms with Crippen LogP contribution in [0, 0.1) is 0 Å². The molecular weight excluding hydrogens is 425 g/mol. The number of hydrogen-bond acceptors (Lipinski definition) is 7. The van der Waals surface area contributed by atoms with Crippen molar-refractivity contribution in [1.82, 2.24) is 15.2 Å². The van der Waals surface area contributed by atoms with E-state index in [1.807, 2.05) is 0 Å². The van der Waals surface area contributed by atoms with E-state index >= 15 is 0 Å². The van der Waals surface area contributed by atoms with Gasteiger partial charge in [0, 0.05) is 38.6 Å². The van der Waals surface area contributed by atoms with Gasteiger partial charge in [-0.3, -0.25) is 4.79 Å². The summed E-state index contributed by atoms with van der Waals surface area (Å²) in [6.07, 6.45) is -5.28. The van der Waals surface area contributed by atoms with E-state index in [1.54, 1.807) is 4.90 Å². The number of thiophene rings is 1. The molecule has 2 fully saturated rings. The molecule has 2 aromatic heterocycles. The van der Waals surface area contributed by atoms with E-state index in [0.29, 0.717) is 39.4 Å². The zero-order chi connectivity index (χ0) is 21.5. The number of pyridine rings is 1. The van der Waals surface area contributed by atoms with Crippen LogP contribution < -0.4 is 10.2 Å². The lowest BCUT2D eigenvalue weighted by molar-refractivity contribution is -0.136. The third-order valence-corrected chi connectivity index (χ3v) is 6.03. The number of nitrogens with one attached hydrogen (secondary N) is 1. The molecule has 0 spiro atoms. The Bertz CT molecular complexity index is 968. The molecule has 2 aliphatic heterocycles. The first-order valence-corrected chi connectivity index (χ1v) is 10.2. The summed E-state index contributed by atoms with van der Waals surface area (Å²) in [7, 11) is 1.41. The third kappa shape index (κ3) is 3.88. The molecule has 30 heavy (non-hydrogen) atoms. The van der Waals surface area contributed by atoms with E-state index in [1.165, 1.54) is 17.3 Å². The van der Waals surface area contributed by atoms with Crippen LogP contribution in [0.2, 0.25) is 0 Å². The van der Waals surface area contributed by atoms with Crippen LogP contribution in [-0.4, -0.2) is 74.4 Å². The highest BCUT2D eigenvalue weighted by molar-refractivity contribution is 7.17. The number of anilines is 1. The van der Waals surface area contributed by atoms with Crippen LogP contribution >= 0.6 is 11.3 Å². The van der Waals surface area contributed by atoms with Gasteiger partial charge in [-0.1, -0.05) is 0 Å². The van der Waals surface area contributed by atoms with Crippen molar-refractivity contribution >= 4 is 39.4 Å². The van der Waals surface area contributed by atoms with Gasteiger partial charge in [0.15, 0.2) is 6.10 Å². The van der Waals surface area contributed by atoms with Gasteiger partial charge in [-0.05, 0) is 6.07 Å². The molecule has 4 heterocycles. The second-order valence-electron chi connectivity index (χ2n) is 6.95. The minimum atomic E-state index is -4.59. The second-order valence-corrected chi connectivity index (χ2v) is 7.83. The Morgan fingerprint density at radius 1 is 1.27 bits per heavy atom. The molecule has 8 nitrogen and oxygen atoms in total. The first-order valence-electron chi connectivity index (χ1n) is 9.27. The molecule has 0 saturated carbocycles. The minimum absolute atomic E-state index is 0.0241. The van der Waals surface area contributed by atoms with Crippen LogP contribution in [0.25, 0.3) is 10.2 Å². The van der Waals surface area contributed by atoms with Gasteiger partial charge in [-0.15, -0.1) is 11.3 Å². The zero-order valence-electron chi connectivity index (χ0n) is 16.0. The fourth-order valence-electron chi connectivity index (χ4n) is 3.28. The van der Waals surface area contributed by atoms with Crippen molar-refractivity contribution < 1.29 is 32.2 Å². The number of halogens is 3. The number of hydrogen-bond donors (Lipinski definition) is 1. The third-order valence-electron chi connectivity index (χ3n) is 5.02. The smallest absolute Gasteiger partial charge is 0.417 e. The Morgan fingerprint density at radius 2 is 1.97 bits per heavy atom. The van der Waals surface area contributed by atoms with Crippen molar-refractivity contribution in [2.45, 2.75) is 12.3 Å². The SMILES string of the molecule is CNC(=O)c1csc2c(C(F)(F)F)cc(N3CCN(C(=O)OC4COC4)CC3)nc12. The normalized spacial score (nSPS) is 17.7. The number of alkyl halides is 3. The summed E-state index contributed by atoms with van der Waals surface area (Å²) < 4.78 is 51.2. The molecule has 162 valence electrons.